The maximum Gasteiger partial charge on any atom is 0.169 e. The van der Waals surface area contributed by atoms with Crippen LogP contribution in [0.3, 0.4) is 0 Å². The average molecular weight is 215 g/mol. The van der Waals surface area contributed by atoms with Crippen LogP contribution >= 0.6 is 11.6 Å². The quantitative estimate of drug-likeness (QED) is 0.723. The first-order chi connectivity index (χ1) is 6.68. The molecule has 2 rings (SSSR count). The molecule has 1 aliphatic carbocycles. The summed E-state index contributed by atoms with van der Waals surface area (Å²) in [5.41, 5.74) is 0. The number of tetrazole rings is 1. The van der Waals surface area contributed by atoms with Crippen LogP contribution < -0.4 is 0 Å². The summed E-state index contributed by atoms with van der Waals surface area (Å²) in [7, 11) is 0. The van der Waals surface area contributed by atoms with E-state index in [0.717, 1.165) is 11.7 Å². The van der Waals surface area contributed by atoms with E-state index in [9.17, 15) is 0 Å². The third-order valence-corrected chi connectivity index (χ3v) is 2.86. The molecule has 0 radical (unpaired) electrons. The van der Waals surface area contributed by atoms with Gasteiger partial charge in [0.15, 0.2) is 5.82 Å². The second-order valence-electron chi connectivity index (χ2n) is 4.13. The lowest BCUT2D eigenvalue weighted by molar-refractivity contribution is 0.413. The molecule has 0 bridgehead atoms. The molecule has 0 aromatic carbocycles. The molecule has 1 aromatic rings. The predicted octanol–water partition coefficient (Wildman–Crippen LogP) is 2.33. The van der Waals surface area contributed by atoms with E-state index in [1.807, 2.05) is 11.6 Å². The molecule has 0 saturated heterocycles. The van der Waals surface area contributed by atoms with Gasteiger partial charge >= 0.3 is 0 Å². The minimum Gasteiger partial charge on any atom is -0.225 e. The second-order valence-corrected chi connectivity index (χ2v) is 4.78. The molecular weight excluding hydrogens is 200 g/mol. The normalized spacial score (nSPS) is 20.8. The fourth-order valence-corrected chi connectivity index (χ4v) is 1.86. The largest absolute Gasteiger partial charge is 0.225 e. The van der Waals surface area contributed by atoms with Crippen molar-refractivity contribution in [2.45, 2.75) is 44.5 Å². The number of aromatic nitrogens is 4. The molecule has 4 nitrogen and oxygen atoms in total. The van der Waals surface area contributed by atoms with Gasteiger partial charge in [0, 0.05) is 0 Å². The first-order valence-corrected chi connectivity index (χ1v) is 5.54. The number of rotatable bonds is 4. The SMILES string of the molecule is CC(Cl)c1nnnn1C(C)CC1CC1. The van der Waals surface area contributed by atoms with Gasteiger partial charge in [-0.2, -0.15) is 0 Å². The van der Waals surface area contributed by atoms with E-state index in [0.29, 0.717) is 6.04 Å². The summed E-state index contributed by atoms with van der Waals surface area (Å²) < 4.78 is 1.86. The molecule has 0 amide bonds. The highest BCUT2D eigenvalue weighted by atomic mass is 35.5. The second kappa shape index (κ2) is 3.85. The van der Waals surface area contributed by atoms with Crippen molar-refractivity contribution >= 4 is 11.6 Å². The Balaban J connectivity index is 2.08. The van der Waals surface area contributed by atoms with E-state index >= 15 is 0 Å². The van der Waals surface area contributed by atoms with Gasteiger partial charge < -0.3 is 0 Å². The van der Waals surface area contributed by atoms with Crippen LogP contribution in [0.25, 0.3) is 0 Å². The Morgan fingerprint density at radius 1 is 1.50 bits per heavy atom. The molecule has 78 valence electrons. The van der Waals surface area contributed by atoms with Crippen LogP contribution in [0.2, 0.25) is 0 Å². The Bertz CT molecular complexity index is 306. The molecular formula is C9H15ClN4. The fraction of sp³-hybridized carbons (Fsp3) is 0.889. The summed E-state index contributed by atoms with van der Waals surface area (Å²) >= 11 is 5.98. The van der Waals surface area contributed by atoms with Gasteiger partial charge in [-0.1, -0.05) is 12.8 Å². The average Bonchev–Trinajstić information content (AvgIpc) is 2.81. The first-order valence-electron chi connectivity index (χ1n) is 5.10. The topological polar surface area (TPSA) is 43.6 Å². The molecule has 14 heavy (non-hydrogen) atoms. The number of hydrogen-bond donors (Lipinski definition) is 0. The zero-order chi connectivity index (χ0) is 10.1. The van der Waals surface area contributed by atoms with E-state index in [4.69, 9.17) is 11.6 Å². The van der Waals surface area contributed by atoms with Gasteiger partial charge in [0.25, 0.3) is 0 Å². The van der Waals surface area contributed by atoms with Gasteiger partial charge in [-0.15, -0.1) is 16.7 Å². The minimum absolute atomic E-state index is 0.119. The highest BCUT2D eigenvalue weighted by Gasteiger charge is 2.26. The summed E-state index contributed by atoms with van der Waals surface area (Å²) in [6, 6.07) is 0.369. The summed E-state index contributed by atoms with van der Waals surface area (Å²) in [4.78, 5) is 0. The van der Waals surface area contributed by atoms with Gasteiger partial charge in [-0.25, -0.2) is 4.68 Å². The summed E-state index contributed by atoms with van der Waals surface area (Å²) in [5, 5.41) is 11.5. The van der Waals surface area contributed by atoms with E-state index in [-0.39, 0.29) is 5.38 Å². The smallest absolute Gasteiger partial charge is 0.169 e. The van der Waals surface area contributed by atoms with Gasteiger partial charge in [0.1, 0.15) is 0 Å². The van der Waals surface area contributed by atoms with Crippen LogP contribution in [0.15, 0.2) is 0 Å². The van der Waals surface area contributed by atoms with Crippen molar-refractivity contribution < 1.29 is 0 Å². The zero-order valence-corrected chi connectivity index (χ0v) is 9.28. The van der Waals surface area contributed by atoms with Crippen LogP contribution in [0, 0.1) is 5.92 Å². The van der Waals surface area contributed by atoms with Crippen molar-refractivity contribution in [1.82, 2.24) is 20.2 Å². The molecule has 0 spiro atoms. The number of hydrogen-bond acceptors (Lipinski definition) is 3. The van der Waals surface area contributed by atoms with Crippen molar-refractivity contribution in [2.24, 2.45) is 5.92 Å². The molecule has 1 heterocycles. The summed E-state index contributed by atoms with van der Waals surface area (Å²) in [6.07, 6.45) is 3.89. The lowest BCUT2D eigenvalue weighted by Crippen LogP contribution is -2.12. The molecule has 1 saturated carbocycles. The molecule has 1 aromatic heterocycles. The molecule has 1 aliphatic rings. The minimum atomic E-state index is -0.119. The van der Waals surface area contributed by atoms with Crippen molar-refractivity contribution in [2.75, 3.05) is 0 Å². The van der Waals surface area contributed by atoms with Crippen LogP contribution in [-0.4, -0.2) is 20.2 Å². The van der Waals surface area contributed by atoms with E-state index in [1.54, 1.807) is 0 Å². The maximum atomic E-state index is 5.98. The first kappa shape index (κ1) is 9.90. The van der Waals surface area contributed by atoms with Crippen LogP contribution in [0.1, 0.15) is 50.4 Å². The molecule has 5 heteroatoms. The third kappa shape index (κ3) is 2.05. The Morgan fingerprint density at radius 3 is 2.79 bits per heavy atom. The van der Waals surface area contributed by atoms with Crippen LogP contribution in [-0.2, 0) is 0 Å². The Hall–Kier alpha value is -0.640. The van der Waals surface area contributed by atoms with E-state index in [1.165, 1.54) is 19.3 Å². The lowest BCUT2D eigenvalue weighted by Gasteiger charge is -2.13. The highest BCUT2D eigenvalue weighted by molar-refractivity contribution is 6.20. The summed E-state index contributed by atoms with van der Waals surface area (Å²) in [6.45, 7) is 4.05. The molecule has 0 aliphatic heterocycles. The monoisotopic (exact) mass is 214 g/mol. The number of nitrogens with zero attached hydrogens (tertiary/aromatic N) is 4. The predicted molar refractivity (Wildman–Crippen MR) is 54.1 cm³/mol. The molecule has 1 fully saturated rings. The van der Waals surface area contributed by atoms with Crippen LogP contribution in [0.4, 0.5) is 0 Å². The van der Waals surface area contributed by atoms with Crippen LogP contribution in [0.5, 0.6) is 0 Å². The molecule has 2 unspecified atom stereocenters. The van der Waals surface area contributed by atoms with Gasteiger partial charge in [-0.3, -0.25) is 0 Å². The van der Waals surface area contributed by atoms with Gasteiger partial charge in [0.2, 0.25) is 0 Å². The summed E-state index contributed by atoms with van der Waals surface area (Å²) in [5.74, 6) is 1.66. The Kier molecular flexibility index (Phi) is 2.72. The number of halogens is 1. The molecule has 2 atom stereocenters. The Labute approximate surface area is 88.6 Å². The van der Waals surface area contributed by atoms with Crippen molar-refractivity contribution in [3.8, 4) is 0 Å². The Morgan fingerprint density at radius 2 is 2.21 bits per heavy atom. The fourth-order valence-electron chi connectivity index (χ4n) is 1.71. The van der Waals surface area contributed by atoms with Gasteiger partial charge in [-0.05, 0) is 36.6 Å². The lowest BCUT2D eigenvalue weighted by atomic mass is 10.1. The van der Waals surface area contributed by atoms with E-state index < -0.39 is 0 Å². The maximum absolute atomic E-state index is 5.98. The van der Waals surface area contributed by atoms with Gasteiger partial charge in [0.05, 0.1) is 11.4 Å². The molecule has 0 N–H and O–H groups in total. The highest BCUT2D eigenvalue weighted by Crippen LogP contribution is 2.37. The van der Waals surface area contributed by atoms with Crippen molar-refractivity contribution in [3.63, 3.8) is 0 Å². The van der Waals surface area contributed by atoms with Crippen molar-refractivity contribution in [1.29, 1.82) is 0 Å². The van der Waals surface area contributed by atoms with E-state index in [2.05, 4.69) is 22.4 Å². The number of alkyl halides is 1. The third-order valence-electron chi connectivity index (χ3n) is 2.66. The van der Waals surface area contributed by atoms with Crippen molar-refractivity contribution in [3.05, 3.63) is 5.82 Å². The standard InChI is InChI=1S/C9H15ClN4/c1-6(5-8-3-4-8)14-9(7(2)10)11-12-13-14/h6-8H,3-5H2,1-2H3. The zero-order valence-electron chi connectivity index (χ0n) is 8.52.